The predicted molar refractivity (Wildman–Crippen MR) is 126 cm³/mol. The minimum atomic E-state index is -3.12. The summed E-state index contributed by atoms with van der Waals surface area (Å²) < 4.78 is 24.8. The molecule has 1 aromatic rings. The number of hydrogen-bond acceptors (Lipinski definition) is 6. The molecule has 1 N–H and O–H groups in total. The van der Waals surface area contributed by atoms with Crippen LogP contribution in [0.5, 0.6) is 0 Å². The molecule has 0 radical (unpaired) electrons. The summed E-state index contributed by atoms with van der Waals surface area (Å²) in [5.74, 6) is 1.50. The van der Waals surface area contributed by atoms with Crippen LogP contribution in [0.2, 0.25) is 0 Å². The normalized spacial score (nSPS) is 19.4. The zero-order valence-corrected chi connectivity index (χ0v) is 19.5. The zero-order chi connectivity index (χ0) is 21.4. The number of anilines is 2. The fourth-order valence-electron chi connectivity index (χ4n) is 3.95. The van der Waals surface area contributed by atoms with Gasteiger partial charge in [0.25, 0.3) is 0 Å². The van der Waals surface area contributed by atoms with Crippen molar-refractivity contribution in [2.75, 3.05) is 73.8 Å². The molecule has 0 aliphatic carbocycles. The standard InChI is InChI=1S/C21H34N4O3S2/c1-30(27,28)25-14-12-24(13-15-25)20-8-6-19(7-9-20)22-21(26)18-29-17-16-23-10-4-2-3-5-11-23/h6-9H,2-5,10-18H2,1H3,(H,22,26). The van der Waals surface area contributed by atoms with Gasteiger partial charge in [0.15, 0.2) is 0 Å². The van der Waals surface area contributed by atoms with Gasteiger partial charge in [-0.25, -0.2) is 8.42 Å². The van der Waals surface area contributed by atoms with E-state index in [-0.39, 0.29) is 5.91 Å². The number of nitrogens with zero attached hydrogens (tertiary/aromatic N) is 3. The Kier molecular flexibility index (Phi) is 8.85. The number of rotatable bonds is 8. The lowest BCUT2D eigenvalue weighted by Gasteiger charge is -2.34. The van der Waals surface area contributed by atoms with Gasteiger partial charge >= 0.3 is 0 Å². The maximum atomic E-state index is 12.2. The molecule has 2 saturated heterocycles. The van der Waals surface area contributed by atoms with Gasteiger partial charge in [-0.05, 0) is 50.2 Å². The Morgan fingerprint density at radius 1 is 0.967 bits per heavy atom. The van der Waals surface area contributed by atoms with E-state index in [0.29, 0.717) is 31.9 Å². The molecular weight excluding hydrogens is 420 g/mol. The van der Waals surface area contributed by atoms with Gasteiger partial charge in [0.05, 0.1) is 12.0 Å². The maximum absolute atomic E-state index is 12.2. The van der Waals surface area contributed by atoms with Gasteiger partial charge in [0.2, 0.25) is 15.9 Å². The van der Waals surface area contributed by atoms with Crippen LogP contribution in [0.15, 0.2) is 24.3 Å². The van der Waals surface area contributed by atoms with Crippen LogP contribution < -0.4 is 10.2 Å². The molecule has 30 heavy (non-hydrogen) atoms. The Labute approximate surface area is 185 Å². The van der Waals surface area contributed by atoms with Crippen molar-refractivity contribution in [1.29, 1.82) is 0 Å². The number of thioether (sulfide) groups is 1. The molecule has 0 unspecified atom stereocenters. The SMILES string of the molecule is CS(=O)(=O)N1CCN(c2ccc(NC(=O)CSCCN3CCCCCC3)cc2)CC1. The lowest BCUT2D eigenvalue weighted by atomic mass is 10.2. The van der Waals surface area contributed by atoms with Crippen molar-refractivity contribution in [3.8, 4) is 0 Å². The topological polar surface area (TPSA) is 73.0 Å². The van der Waals surface area contributed by atoms with E-state index in [4.69, 9.17) is 0 Å². The zero-order valence-electron chi connectivity index (χ0n) is 17.9. The van der Waals surface area contributed by atoms with Crippen LogP contribution in [0.25, 0.3) is 0 Å². The van der Waals surface area contributed by atoms with Gasteiger partial charge in [-0.3, -0.25) is 4.79 Å². The Hall–Kier alpha value is -1.29. The average Bonchev–Trinajstić information content (AvgIpc) is 3.00. The summed E-state index contributed by atoms with van der Waals surface area (Å²) >= 11 is 1.69. The molecule has 0 bridgehead atoms. The van der Waals surface area contributed by atoms with E-state index in [1.54, 1.807) is 11.8 Å². The molecule has 0 atom stereocenters. The van der Waals surface area contributed by atoms with E-state index in [1.807, 2.05) is 24.3 Å². The van der Waals surface area contributed by atoms with Crippen molar-refractivity contribution in [3.05, 3.63) is 24.3 Å². The number of amides is 1. The molecule has 1 amide bonds. The van der Waals surface area contributed by atoms with Crippen LogP contribution in [0.4, 0.5) is 11.4 Å². The molecule has 2 aliphatic rings. The quantitative estimate of drug-likeness (QED) is 0.608. The highest BCUT2D eigenvalue weighted by molar-refractivity contribution is 7.99. The van der Waals surface area contributed by atoms with Gasteiger partial charge in [0, 0.05) is 49.9 Å². The van der Waals surface area contributed by atoms with Crippen LogP contribution in [0.3, 0.4) is 0 Å². The van der Waals surface area contributed by atoms with Crippen molar-refractivity contribution in [2.45, 2.75) is 25.7 Å². The minimum absolute atomic E-state index is 0.0328. The third kappa shape index (κ3) is 7.44. The third-order valence-electron chi connectivity index (χ3n) is 5.71. The molecule has 3 rings (SSSR count). The number of piperazine rings is 1. The molecule has 0 spiro atoms. The van der Waals surface area contributed by atoms with Gasteiger partial charge in [0.1, 0.15) is 0 Å². The van der Waals surface area contributed by atoms with Crippen LogP contribution in [-0.4, -0.2) is 87.1 Å². The number of benzene rings is 1. The average molecular weight is 455 g/mol. The second-order valence-electron chi connectivity index (χ2n) is 8.05. The molecule has 7 nitrogen and oxygen atoms in total. The molecule has 2 heterocycles. The first-order chi connectivity index (χ1) is 14.4. The fourth-order valence-corrected chi connectivity index (χ4v) is 5.56. The van der Waals surface area contributed by atoms with E-state index in [0.717, 1.165) is 23.7 Å². The monoisotopic (exact) mass is 454 g/mol. The number of likely N-dealkylation sites (tertiary alicyclic amines) is 1. The maximum Gasteiger partial charge on any atom is 0.234 e. The smallest absolute Gasteiger partial charge is 0.234 e. The molecule has 2 fully saturated rings. The second kappa shape index (κ2) is 11.4. The lowest BCUT2D eigenvalue weighted by Crippen LogP contribution is -2.48. The van der Waals surface area contributed by atoms with E-state index < -0.39 is 10.0 Å². The van der Waals surface area contributed by atoms with Gasteiger partial charge in [-0.2, -0.15) is 16.1 Å². The number of carbonyl (C=O) groups is 1. The summed E-state index contributed by atoms with van der Waals surface area (Å²) in [4.78, 5) is 16.9. The van der Waals surface area contributed by atoms with Crippen molar-refractivity contribution in [1.82, 2.24) is 9.21 Å². The third-order valence-corrected chi connectivity index (χ3v) is 7.95. The fraction of sp³-hybridized carbons (Fsp3) is 0.667. The number of nitrogens with one attached hydrogen (secondary N) is 1. The highest BCUT2D eigenvalue weighted by Crippen LogP contribution is 2.20. The highest BCUT2D eigenvalue weighted by Gasteiger charge is 2.23. The lowest BCUT2D eigenvalue weighted by molar-refractivity contribution is -0.113. The van der Waals surface area contributed by atoms with E-state index >= 15 is 0 Å². The first-order valence-corrected chi connectivity index (χ1v) is 13.8. The molecule has 0 saturated carbocycles. The second-order valence-corrected chi connectivity index (χ2v) is 11.1. The van der Waals surface area contributed by atoms with Gasteiger partial charge in [-0.1, -0.05) is 12.8 Å². The highest BCUT2D eigenvalue weighted by atomic mass is 32.2. The van der Waals surface area contributed by atoms with Crippen molar-refractivity contribution in [2.24, 2.45) is 0 Å². The molecule has 0 aromatic heterocycles. The largest absolute Gasteiger partial charge is 0.369 e. The predicted octanol–water partition coefficient (Wildman–Crippen LogP) is 2.32. The molecule has 1 aromatic carbocycles. The van der Waals surface area contributed by atoms with E-state index in [9.17, 15) is 13.2 Å². The first-order valence-electron chi connectivity index (χ1n) is 10.8. The van der Waals surface area contributed by atoms with Gasteiger partial charge < -0.3 is 15.1 Å². The molecule has 9 heteroatoms. The summed E-state index contributed by atoms with van der Waals surface area (Å²) in [6.07, 6.45) is 6.56. The van der Waals surface area contributed by atoms with E-state index in [1.165, 1.54) is 49.3 Å². The Morgan fingerprint density at radius 3 is 2.20 bits per heavy atom. The van der Waals surface area contributed by atoms with Gasteiger partial charge in [-0.15, -0.1) is 0 Å². The minimum Gasteiger partial charge on any atom is -0.369 e. The van der Waals surface area contributed by atoms with Crippen LogP contribution in [0.1, 0.15) is 25.7 Å². The first kappa shape index (κ1) is 23.4. The summed E-state index contributed by atoms with van der Waals surface area (Å²) in [6.45, 7) is 5.82. The number of sulfonamides is 1. The number of carbonyl (C=O) groups excluding carboxylic acids is 1. The van der Waals surface area contributed by atoms with E-state index in [2.05, 4.69) is 15.1 Å². The molecule has 168 valence electrons. The van der Waals surface area contributed by atoms with Crippen molar-refractivity contribution < 1.29 is 13.2 Å². The van der Waals surface area contributed by atoms with Crippen molar-refractivity contribution >= 4 is 39.1 Å². The van der Waals surface area contributed by atoms with Crippen LogP contribution in [0, 0.1) is 0 Å². The summed E-state index contributed by atoms with van der Waals surface area (Å²) in [7, 11) is -3.12. The van der Waals surface area contributed by atoms with Crippen molar-refractivity contribution in [3.63, 3.8) is 0 Å². The van der Waals surface area contributed by atoms with Crippen LogP contribution >= 0.6 is 11.8 Å². The molecular formula is C21H34N4O3S2. The summed E-state index contributed by atoms with van der Waals surface area (Å²) in [5, 5.41) is 2.97. The molecule has 2 aliphatic heterocycles. The Bertz CT molecular complexity index is 770. The summed E-state index contributed by atoms with van der Waals surface area (Å²) in [6, 6.07) is 7.80. The number of hydrogen-bond donors (Lipinski definition) is 1. The van der Waals surface area contributed by atoms with Crippen LogP contribution in [-0.2, 0) is 14.8 Å². The summed E-state index contributed by atoms with van der Waals surface area (Å²) in [5.41, 5.74) is 1.85. The Balaban J connectivity index is 1.36. The Morgan fingerprint density at radius 2 is 1.60 bits per heavy atom.